The van der Waals surface area contributed by atoms with E-state index in [2.05, 4.69) is 37.4 Å². The maximum absolute atomic E-state index is 5.83. The van der Waals surface area contributed by atoms with E-state index in [0.717, 1.165) is 36.7 Å². The second-order valence-corrected chi connectivity index (χ2v) is 7.39. The van der Waals surface area contributed by atoms with Gasteiger partial charge in [0.05, 0.1) is 29.8 Å². The van der Waals surface area contributed by atoms with Crippen molar-refractivity contribution in [2.24, 2.45) is 4.99 Å². The highest BCUT2D eigenvalue weighted by Crippen LogP contribution is 2.44. The molecule has 0 N–H and O–H groups in total. The van der Waals surface area contributed by atoms with E-state index < -0.39 is 0 Å². The van der Waals surface area contributed by atoms with Crippen LogP contribution in [0.1, 0.15) is 35.4 Å². The first-order valence-electron chi connectivity index (χ1n) is 7.59. The molecule has 1 aromatic carbocycles. The van der Waals surface area contributed by atoms with Gasteiger partial charge in [-0.15, -0.1) is 11.3 Å². The number of rotatable bonds is 2. The van der Waals surface area contributed by atoms with Crippen molar-refractivity contribution in [1.82, 2.24) is 0 Å². The van der Waals surface area contributed by atoms with E-state index in [4.69, 9.17) is 14.5 Å². The number of fused-ring (bicyclic) bond motifs is 3. The van der Waals surface area contributed by atoms with Gasteiger partial charge in [-0.2, -0.15) is 0 Å². The monoisotopic (exact) mass is 313 g/mol. The van der Waals surface area contributed by atoms with Crippen molar-refractivity contribution >= 4 is 17.0 Å². The number of ether oxygens (including phenoxy) is 2. The molecule has 4 rings (SSSR count). The van der Waals surface area contributed by atoms with Crippen LogP contribution in [-0.2, 0) is 12.8 Å². The molecule has 22 heavy (non-hydrogen) atoms. The van der Waals surface area contributed by atoms with Gasteiger partial charge in [-0.25, -0.2) is 0 Å². The maximum atomic E-state index is 5.83. The van der Waals surface area contributed by atoms with Crippen LogP contribution in [-0.4, -0.2) is 25.0 Å². The van der Waals surface area contributed by atoms with Crippen molar-refractivity contribution < 1.29 is 9.47 Å². The summed E-state index contributed by atoms with van der Waals surface area (Å²) in [6, 6.07) is 6.38. The lowest BCUT2D eigenvalue weighted by molar-refractivity contribution is 0.325. The number of nitrogens with zero attached hydrogens (tertiary/aromatic N) is 1. The van der Waals surface area contributed by atoms with Crippen molar-refractivity contribution in [3.05, 3.63) is 45.1 Å². The van der Waals surface area contributed by atoms with Crippen LogP contribution < -0.4 is 9.47 Å². The molecular formula is C18H19NO2S. The first-order valence-corrected chi connectivity index (χ1v) is 8.47. The molecule has 3 heterocycles. The molecule has 0 bridgehead atoms. The molecule has 2 aromatic rings. The molecule has 4 heteroatoms. The molecule has 0 saturated heterocycles. The molecule has 114 valence electrons. The van der Waals surface area contributed by atoms with Crippen molar-refractivity contribution in [3.8, 4) is 11.5 Å². The highest BCUT2D eigenvalue weighted by atomic mass is 32.1. The predicted molar refractivity (Wildman–Crippen MR) is 89.9 cm³/mol. The molecule has 2 aliphatic heterocycles. The Morgan fingerprint density at radius 3 is 2.95 bits per heavy atom. The second-order valence-electron chi connectivity index (χ2n) is 6.45. The fourth-order valence-electron chi connectivity index (χ4n) is 3.45. The first kappa shape index (κ1) is 13.8. The van der Waals surface area contributed by atoms with Gasteiger partial charge in [-0.1, -0.05) is 6.07 Å². The molecule has 0 amide bonds. The highest BCUT2D eigenvalue weighted by molar-refractivity contribution is 7.12. The normalized spacial score (nSPS) is 18.2. The maximum Gasteiger partial charge on any atom is 0.165 e. The molecule has 0 fully saturated rings. The lowest BCUT2D eigenvalue weighted by Crippen LogP contribution is -2.30. The summed E-state index contributed by atoms with van der Waals surface area (Å²) in [5, 5.41) is 2.11. The van der Waals surface area contributed by atoms with Crippen LogP contribution >= 0.6 is 11.3 Å². The third kappa shape index (κ3) is 2.05. The molecule has 2 aliphatic rings. The standard InChI is InChI=1S/C18H19NO2S/c1-18(2)10-11-9-13(20-3)17-12(6-7-21-17)15(11)16(19-18)14-5-4-8-22-14/h4-5,8-9H,6-7,10H2,1-3H3. The molecule has 3 nitrogen and oxygen atoms in total. The third-order valence-corrected chi connectivity index (χ3v) is 5.15. The summed E-state index contributed by atoms with van der Waals surface area (Å²) in [5.74, 6) is 1.76. The fourth-order valence-corrected chi connectivity index (χ4v) is 4.17. The molecule has 0 atom stereocenters. The summed E-state index contributed by atoms with van der Waals surface area (Å²) in [5.41, 5.74) is 4.88. The van der Waals surface area contributed by atoms with Crippen LogP contribution in [0.2, 0.25) is 0 Å². The van der Waals surface area contributed by atoms with Gasteiger partial charge in [-0.05, 0) is 43.3 Å². The lowest BCUT2D eigenvalue weighted by atomic mass is 9.83. The molecule has 0 spiro atoms. The Morgan fingerprint density at radius 1 is 1.36 bits per heavy atom. The average molecular weight is 313 g/mol. The Kier molecular flexibility index (Phi) is 3.05. The van der Waals surface area contributed by atoms with Gasteiger partial charge in [0.15, 0.2) is 11.5 Å². The van der Waals surface area contributed by atoms with E-state index in [0.29, 0.717) is 0 Å². The average Bonchev–Trinajstić information content (AvgIpc) is 3.15. The Bertz CT molecular complexity index is 760. The van der Waals surface area contributed by atoms with Crippen LogP contribution in [0.25, 0.3) is 0 Å². The number of thiophene rings is 1. The van der Waals surface area contributed by atoms with Gasteiger partial charge in [0.25, 0.3) is 0 Å². The van der Waals surface area contributed by atoms with Crippen LogP contribution in [0.3, 0.4) is 0 Å². The summed E-state index contributed by atoms with van der Waals surface area (Å²) in [4.78, 5) is 6.29. The van der Waals surface area contributed by atoms with E-state index in [1.807, 2.05) is 0 Å². The summed E-state index contributed by atoms with van der Waals surface area (Å²) < 4.78 is 11.4. The van der Waals surface area contributed by atoms with E-state index in [1.54, 1.807) is 18.4 Å². The van der Waals surface area contributed by atoms with Crippen molar-refractivity contribution in [2.45, 2.75) is 32.2 Å². The van der Waals surface area contributed by atoms with Gasteiger partial charge < -0.3 is 9.47 Å². The zero-order valence-electron chi connectivity index (χ0n) is 13.1. The molecule has 0 unspecified atom stereocenters. The summed E-state index contributed by atoms with van der Waals surface area (Å²) in [6.45, 7) is 5.11. The van der Waals surface area contributed by atoms with Crippen molar-refractivity contribution in [1.29, 1.82) is 0 Å². The smallest absolute Gasteiger partial charge is 0.165 e. The zero-order valence-corrected chi connectivity index (χ0v) is 13.9. The van der Waals surface area contributed by atoms with Crippen LogP contribution in [0.5, 0.6) is 11.5 Å². The summed E-state index contributed by atoms with van der Waals surface area (Å²) >= 11 is 1.75. The Morgan fingerprint density at radius 2 is 2.23 bits per heavy atom. The van der Waals surface area contributed by atoms with Gasteiger partial charge >= 0.3 is 0 Å². The molecule has 0 aliphatic carbocycles. The van der Waals surface area contributed by atoms with Gasteiger partial charge in [-0.3, -0.25) is 4.99 Å². The minimum Gasteiger partial charge on any atom is -0.493 e. The second kappa shape index (κ2) is 4.85. The van der Waals surface area contributed by atoms with Crippen molar-refractivity contribution in [2.75, 3.05) is 13.7 Å². The van der Waals surface area contributed by atoms with Gasteiger partial charge in [0, 0.05) is 17.5 Å². The van der Waals surface area contributed by atoms with Crippen LogP contribution in [0.4, 0.5) is 0 Å². The number of aliphatic imine (C=N–C) groups is 1. The molecule has 0 radical (unpaired) electrons. The zero-order chi connectivity index (χ0) is 15.3. The molecule has 0 saturated carbocycles. The van der Waals surface area contributed by atoms with Gasteiger partial charge in [0.1, 0.15) is 0 Å². The number of hydrogen-bond donors (Lipinski definition) is 0. The number of benzene rings is 1. The first-order chi connectivity index (χ1) is 10.6. The third-order valence-electron chi connectivity index (χ3n) is 4.27. The quantitative estimate of drug-likeness (QED) is 0.843. The predicted octanol–water partition coefficient (Wildman–Crippen LogP) is 3.86. The Labute approximate surface area is 134 Å². The highest BCUT2D eigenvalue weighted by Gasteiger charge is 2.34. The van der Waals surface area contributed by atoms with E-state index in [9.17, 15) is 0 Å². The summed E-state index contributed by atoms with van der Waals surface area (Å²) in [7, 11) is 1.71. The Hall–Kier alpha value is -1.81. The minimum atomic E-state index is -0.0922. The number of hydrogen-bond acceptors (Lipinski definition) is 4. The molecular weight excluding hydrogens is 294 g/mol. The van der Waals surface area contributed by atoms with Crippen LogP contribution in [0, 0.1) is 0 Å². The van der Waals surface area contributed by atoms with E-state index in [1.165, 1.54) is 21.6 Å². The molecule has 1 aromatic heterocycles. The largest absolute Gasteiger partial charge is 0.493 e. The van der Waals surface area contributed by atoms with E-state index in [-0.39, 0.29) is 5.54 Å². The number of methoxy groups -OCH3 is 1. The topological polar surface area (TPSA) is 30.8 Å². The lowest BCUT2D eigenvalue weighted by Gasteiger charge is -2.30. The Balaban J connectivity index is 2.00. The van der Waals surface area contributed by atoms with Crippen LogP contribution in [0.15, 0.2) is 28.6 Å². The SMILES string of the molecule is COc1cc2c(c3c1OCC3)C(c1cccs1)=NC(C)(C)C2. The van der Waals surface area contributed by atoms with Gasteiger partial charge in [0.2, 0.25) is 0 Å². The minimum absolute atomic E-state index is 0.0922. The fraction of sp³-hybridized carbons (Fsp3) is 0.389. The van der Waals surface area contributed by atoms with E-state index >= 15 is 0 Å². The van der Waals surface area contributed by atoms with Crippen molar-refractivity contribution in [3.63, 3.8) is 0 Å². The summed E-state index contributed by atoms with van der Waals surface area (Å²) in [6.07, 6.45) is 1.86.